The van der Waals surface area contributed by atoms with Crippen molar-refractivity contribution in [2.24, 2.45) is 0 Å². The first-order chi connectivity index (χ1) is 10.2. The third-order valence-electron chi connectivity index (χ3n) is 2.74. The van der Waals surface area contributed by atoms with Crippen LogP contribution in [0.5, 0.6) is 5.75 Å². The van der Waals surface area contributed by atoms with Gasteiger partial charge < -0.3 is 15.2 Å². The van der Waals surface area contributed by atoms with Crippen molar-refractivity contribution >= 4 is 22.9 Å². The highest BCUT2D eigenvalue weighted by molar-refractivity contribution is 7.09. The third-order valence-corrected chi connectivity index (χ3v) is 3.78. The van der Waals surface area contributed by atoms with Gasteiger partial charge in [-0.15, -0.1) is 11.3 Å². The lowest BCUT2D eigenvalue weighted by Crippen LogP contribution is -2.14. The number of aryl methyl sites for hydroxylation is 1. The fourth-order valence-electron chi connectivity index (χ4n) is 1.76. The van der Waals surface area contributed by atoms with Gasteiger partial charge in [-0.05, 0) is 30.7 Å². The third kappa shape index (κ3) is 4.84. The van der Waals surface area contributed by atoms with E-state index in [4.69, 9.17) is 9.84 Å². The van der Waals surface area contributed by atoms with Crippen LogP contribution in [0.3, 0.4) is 0 Å². The van der Waals surface area contributed by atoms with Gasteiger partial charge >= 0.3 is 0 Å². The molecule has 1 aromatic heterocycles. The zero-order valence-corrected chi connectivity index (χ0v) is 12.7. The Morgan fingerprint density at radius 2 is 2.14 bits per heavy atom. The number of carbonyl (C=O) groups excluding carboxylic acids is 1. The highest BCUT2D eigenvalue weighted by Gasteiger charge is 2.07. The number of nitrogens with one attached hydrogen (secondary N) is 1. The molecule has 112 valence electrons. The Labute approximate surface area is 127 Å². The number of anilines is 1. The lowest BCUT2D eigenvalue weighted by atomic mass is 10.2. The van der Waals surface area contributed by atoms with Crippen molar-refractivity contribution in [1.82, 2.24) is 4.98 Å². The Morgan fingerprint density at radius 1 is 1.38 bits per heavy atom. The van der Waals surface area contributed by atoms with Crippen LogP contribution in [0.2, 0.25) is 0 Å². The standard InChI is InChI=1S/C15H18N2O3S/c1-2-15-17-12(10-21-15)9-14(19)16-11-3-5-13(6-4-11)20-8-7-18/h3-6,10,18H,2,7-9H2,1H3,(H,16,19). The van der Waals surface area contributed by atoms with Crippen molar-refractivity contribution in [2.75, 3.05) is 18.5 Å². The van der Waals surface area contributed by atoms with E-state index in [2.05, 4.69) is 10.3 Å². The molecule has 1 aromatic carbocycles. The van der Waals surface area contributed by atoms with E-state index in [1.807, 2.05) is 12.3 Å². The van der Waals surface area contributed by atoms with E-state index in [-0.39, 0.29) is 25.5 Å². The number of carbonyl (C=O) groups is 1. The van der Waals surface area contributed by atoms with E-state index >= 15 is 0 Å². The van der Waals surface area contributed by atoms with Crippen LogP contribution in [0.1, 0.15) is 17.6 Å². The van der Waals surface area contributed by atoms with Crippen molar-refractivity contribution in [3.05, 3.63) is 40.3 Å². The molecule has 0 fully saturated rings. The number of ether oxygens (including phenoxy) is 1. The molecule has 5 nitrogen and oxygen atoms in total. The summed E-state index contributed by atoms with van der Waals surface area (Å²) in [7, 11) is 0. The van der Waals surface area contributed by atoms with Crippen LogP contribution in [0.25, 0.3) is 0 Å². The fourth-order valence-corrected chi connectivity index (χ4v) is 2.50. The van der Waals surface area contributed by atoms with Gasteiger partial charge in [0.25, 0.3) is 0 Å². The Morgan fingerprint density at radius 3 is 2.76 bits per heavy atom. The van der Waals surface area contributed by atoms with Gasteiger partial charge in [-0.3, -0.25) is 4.79 Å². The van der Waals surface area contributed by atoms with Gasteiger partial charge in [0.15, 0.2) is 0 Å². The lowest BCUT2D eigenvalue weighted by molar-refractivity contribution is -0.115. The van der Waals surface area contributed by atoms with Gasteiger partial charge in [-0.25, -0.2) is 4.98 Å². The molecule has 1 heterocycles. The number of thiazole rings is 1. The molecule has 2 N–H and O–H groups in total. The number of rotatable bonds is 7. The lowest BCUT2D eigenvalue weighted by Gasteiger charge is -2.07. The molecule has 2 aromatic rings. The molecule has 6 heteroatoms. The zero-order chi connectivity index (χ0) is 15.1. The minimum absolute atomic E-state index is 0.0219. The fraction of sp³-hybridized carbons (Fsp3) is 0.333. The van der Waals surface area contributed by atoms with Gasteiger partial charge in [-0.1, -0.05) is 6.92 Å². The molecule has 21 heavy (non-hydrogen) atoms. The largest absolute Gasteiger partial charge is 0.491 e. The first-order valence-corrected chi connectivity index (χ1v) is 7.66. The molecule has 0 radical (unpaired) electrons. The van der Waals surface area contributed by atoms with Gasteiger partial charge in [0, 0.05) is 11.1 Å². The molecular formula is C15H18N2O3S. The van der Waals surface area contributed by atoms with Crippen LogP contribution >= 0.6 is 11.3 Å². The second kappa shape index (κ2) is 7.75. The highest BCUT2D eigenvalue weighted by atomic mass is 32.1. The van der Waals surface area contributed by atoms with Gasteiger partial charge in [0.05, 0.1) is 23.7 Å². The molecule has 0 spiro atoms. The summed E-state index contributed by atoms with van der Waals surface area (Å²) in [6.07, 6.45) is 1.17. The summed E-state index contributed by atoms with van der Waals surface area (Å²) in [6.45, 7) is 2.28. The minimum atomic E-state index is -0.0908. The quantitative estimate of drug-likeness (QED) is 0.823. The van der Waals surface area contributed by atoms with Gasteiger partial charge in [0.2, 0.25) is 5.91 Å². The zero-order valence-electron chi connectivity index (χ0n) is 11.8. The maximum Gasteiger partial charge on any atom is 0.230 e. The number of aliphatic hydroxyl groups is 1. The van der Waals surface area contributed by atoms with E-state index in [0.717, 1.165) is 17.1 Å². The van der Waals surface area contributed by atoms with E-state index in [1.165, 1.54) is 0 Å². The van der Waals surface area contributed by atoms with Gasteiger partial charge in [0.1, 0.15) is 12.4 Å². The Bertz CT molecular complexity index is 581. The number of aliphatic hydroxyl groups excluding tert-OH is 1. The molecule has 2 rings (SSSR count). The molecule has 0 bridgehead atoms. The van der Waals surface area contributed by atoms with Crippen LogP contribution in [-0.2, 0) is 17.6 Å². The van der Waals surface area contributed by atoms with Crippen molar-refractivity contribution in [1.29, 1.82) is 0 Å². The molecule has 0 atom stereocenters. The first-order valence-electron chi connectivity index (χ1n) is 6.78. The van der Waals surface area contributed by atoms with Crippen LogP contribution in [0.15, 0.2) is 29.6 Å². The average Bonchev–Trinajstić information content (AvgIpc) is 2.94. The van der Waals surface area contributed by atoms with Crippen molar-refractivity contribution < 1.29 is 14.6 Å². The Kier molecular flexibility index (Phi) is 5.71. The van der Waals surface area contributed by atoms with Crippen molar-refractivity contribution in [3.8, 4) is 5.75 Å². The molecule has 0 aliphatic rings. The molecule has 0 aliphatic carbocycles. The van der Waals surface area contributed by atoms with Crippen LogP contribution in [0, 0.1) is 0 Å². The number of benzene rings is 1. The number of aromatic nitrogens is 1. The summed E-state index contributed by atoms with van der Waals surface area (Å²) >= 11 is 1.58. The summed E-state index contributed by atoms with van der Waals surface area (Å²) in [4.78, 5) is 16.3. The van der Waals surface area contributed by atoms with Crippen LogP contribution < -0.4 is 10.1 Å². The van der Waals surface area contributed by atoms with Gasteiger partial charge in [-0.2, -0.15) is 0 Å². The minimum Gasteiger partial charge on any atom is -0.491 e. The maximum atomic E-state index is 11.9. The summed E-state index contributed by atoms with van der Waals surface area (Å²) in [5.41, 5.74) is 1.51. The smallest absolute Gasteiger partial charge is 0.230 e. The number of nitrogens with zero attached hydrogens (tertiary/aromatic N) is 1. The second-order valence-electron chi connectivity index (χ2n) is 4.41. The summed E-state index contributed by atoms with van der Waals surface area (Å²) in [5, 5.41) is 14.5. The van der Waals surface area contributed by atoms with Crippen LogP contribution in [0.4, 0.5) is 5.69 Å². The first kappa shape index (κ1) is 15.5. The Hall–Kier alpha value is -1.92. The van der Waals surface area contributed by atoms with E-state index in [9.17, 15) is 4.79 Å². The molecular weight excluding hydrogens is 288 g/mol. The summed E-state index contributed by atoms with van der Waals surface area (Å²) < 4.78 is 5.25. The monoisotopic (exact) mass is 306 g/mol. The number of amides is 1. The maximum absolute atomic E-state index is 11.9. The van der Waals surface area contributed by atoms with Crippen LogP contribution in [-0.4, -0.2) is 29.2 Å². The highest BCUT2D eigenvalue weighted by Crippen LogP contribution is 2.16. The molecule has 1 amide bonds. The number of hydrogen-bond donors (Lipinski definition) is 2. The second-order valence-corrected chi connectivity index (χ2v) is 5.35. The SMILES string of the molecule is CCc1nc(CC(=O)Nc2ccc(OCCO)cc2)cs1. The molecule has 0 saturated carbocycles. The molecule has 0 saturated heterocycles. The van der Waals surface area contributed by atoms with E-state index in [0.29, 0.717) is 11.4 Å². The van der Waals surface area contributed by atoms with E-state index in [1.54, 1.807) is 35.6 Å². The normalized spacial score (nSPS) is 10.4. The summed E-state index contributed by atoms with van der Waals surface area (Å²) in [5.74, 6) is 0.570. The topological polar surface area (TPSA) is 71.5 Å². The average molecular weight is 306 g/mol. The number of hydrogen-bond acceptors (Lipinski definition) is 5. The predicted octanol–water partition coefficient (Wildman–Crippen LogP) is 2.26. The van der Waals surface area contributed by atoms with E-state index < -0.39 is 0 Å². The molecule has 0 unspecified atom stereocenters. The van der Waals surface area contributed by atoms with Crippen molar-refractivity contribution in [2.45, 2.75) is 19.8 Å². The predicted molar refractivity (Wildman–Crippen MR) is 82.8 cm³/mol. The Balaban J connectivity index is 1.87. The summed E-state index contributed by atoms with van der Waals surface area (Å²) in [6, 6.07) is 7.04. The van der Waals surface area contributed by atoms with Crippen molar-refractivity contribution in [3.63, 3.8) is 0 Å². The molecule has 0 aliphatic heterocycles.